The molecule has 354 valence electrons. The van der Waals surface area contributed by atoms with Crippen LogP contribution in [0, 0.1) is 0 Å². The molecule has 13 rings (SSSR count). The van der Waals surface area contributed by atoms with Crippen LogP contribution in [0.3, 0.4) is 0 Å². The summed E-state index contributed by atoms with van der Waals surface area (Å²) in [5, 5.41) is 7.79. The van der Waals surface area contributed by atoms with Crippen molar-refractivity contribution in [3.8, 4) is 33.4 Å². The summed E-state index contributed by atoms with van der Waals surface area (Å²) in [4.78, 5) is 5.17. The summed E-state index contributed by atoms with van der Waals surface area (Å²) in [6.45, 7) is 20.9. The van der Waals surface area contributed by atoms with Crippen molar-refractivity contribution >= 4 is 89.5 Å². The van der Waals surface area contributed by atoms with Gasteiger partial charge in [-0.1, -0.05) is 220 Å². The van der Waals surface area contributed by atoms with Crippen molar-refractivity contribution in [2.45, 2.75) is 78.6 Å². The molecule has 2 aliphatic rings. The average molecular weight is 941 g/mol. The van der Waals surface area contributed by atoms with E-state index in [0.29, 0.717) is 0 Å². The second-order valence-corrected chi connectivity index (χ2v) is 23.8. The molecule has 0 fully saturated rings. The smallest absolute Gasteiger partial charge is 0.252 e. The van der Waals surface area contributed by atoms with E-state index in [1.165, 1.54) is 127 Å². The predicted molar refractivity (Wildman–Crippen MR) is 317 cm³/mol. The molecule has 2 heterocycles. The number of hydrogen-bond acceptors (Lipinski definition) is 2. The Morgan fingerprint density at radius 1 is 0.315 bits per heavy atom. The van der Waals surface area contributed by atoms with Crippen LogP contribution in [0.2, 0.25) is 0 Å². The SMILES string of the molecule is CC(C)(C)c1ccc(N2c3ccc(-c4ccccc4-c4ccccc4)cc3B3c4cc(C(C)(C)C)ccc4N(c4ccc(C(C)(C)C)cc4-c4ccc5ccc6cccc7ccc4c5c67)c4cccc2c43)cc1. The van der Waals surface area contributed by atoms with Gasteiger partial charge in [-0.15, -0.1) is 0 Å². The van der Waals surface area contributed by atoms with E-state index < -0.39 is 0 Å². The predicted octanol–water partition coefficient (Wildman–Crippen LogP) is 17.6. The van der Waals surface area contributed by atoms with Gasteiger partial charge in [0.25, 0.3) is 6.71 Å². The highest BCUT2D eigenvalue weighted by molar-refractivity contribution is 7.00. The number of rotatable bonds is 5. The summed E-state index contributed by atoms with van der Waals surface area (Å²) in [5.41, 5.74) is 22.4. The Labute approximate surface area is 432 Å². The zero-order chi connectivity index (χ0) is 50.1. The molecule has 0 saturated carbocycles. The first-order chi connectivity index (χ1) is 35.1. The fourth-order valence-corrected chi connectivity index (χ4v) is 12.2. The normalized spacial score (nSPS) is 13.5. The lowest BCUT2D eigenvalue weighted by Gasteiger charge is -2.45. The quantitative estimate of drug-likeness (QED) is 0.125. The Balaban J connectivity index is 1.11. The van der Waals surface area contributed by atoms with E-state index in [1.54, 1.807) is 0 Å². The molecular formula is C70H61BN2. The summed E-state index contributed by atoms with van der Waals surface area (Å²) in [7, 11) is 0. The Morgan fingerprint density at radius 3 is 1.52 bits per heavy atom. The van der Waals surface area contributed by atoms with E-state index in [0.717, 1.165) is 5.69 Å². The van der Waals surface area contributed by atoms with Crippen LogP contribution in [-0.2, 0) is 16.2 Å². The number of fused-ring (bicyclic) bond motifs is 4. The van der Waals surface area contributed by atoms with Gasteiger partial charge in [0.15, 0.2) is 0 Å². The highest BCUT2D eigenvalue weighted by Crippen LogP contribution is 2.50. The van der Waals surface area contributed by atoms with Crippen LogP contribution in [0.5, 0.6) is 0 Å². The minimum Gasteiger partial charge on any atom is -0.311 e. The molecule has 0 aromatic heterocycles. The van der Waals surface area contributed by atoms with Gasteiger partial charge in [-0.05, 0) is 158 Å². The van der Waals surface area contributed by atoms with Crippen LogP contribution in [0.4, 0.5) is 34.1 Å². The molecule has 3 heteroatoms. The molecule has 2 aliphatic heterocycles. The fourth-order valence-electron chi connectivity index (χ4n) is 12.2. The van der Waals surface area contributed by atoms with E-state index in [9.17, 15) is 0 Å². The molecule has 0 aliphatic carbocycles. The highest BCUT2D eigenvalue weighted by atomic mass is 15.2. The first-order valence-electron chi connectivity index (χ1n) is 26.2. The zero-order valence-electron chi connectivity index (χ0n) is 43.6. The van der Waals surface area contributed by atoms with E-state index in [4.69, 9.17) is 0 Å². The summed E-state index contributed by atoms with van der Waals surface area (Å²) in [6, 6.07) is 78.8. The van der Waals surface area contributed by atoms with Crippen molar-refractivity contribution < 1.29 is 0 Å². The zero-order valence-corrected chi connectivity index (χ0v) is 43.6. The van der Waals surface area contributed by atoms with Crippen molar-refractivity contribution in [1.29, 1.82) is 0 Å². The maximum Gasteiger partial charge on any atom is 0.252 e. The molecule has 0 unspecified atom stereocenters. The number of benzene rings is 11. The van der Waals surface area contributed by atoms with Crippen LogP contribution >= 0.6 is 0 Å². The average Bonchev–Trinajstić information content (AvgIpc) is 3.40. The largest absolute Gasteiger partial charge is 0.311 e. The highest BCUT2D eigenvalue weighted by Gasteiger charge is 2.44. The lowest BCUT2D eigenvalue weighted by molar-refractivity contribution is 0.590. The summed E-state index contributed by atoms with van der Waals surface area (Å²) >= 11 is 0. The van der Waals surface area contributed by atoms with Gasteiger partial charge < -0.3 is 9.80 Å². The summed E-state index contributed by atoms with van der Waals surface area (Å²) < 4.78 is 0. The van der Waals surface area contributed by atoms with Crippen LogP contribution in [0.1, 0.15) is 79.0 Å². The van der Waals surface area contributed by atoms with Crippen molar-refractivity contribution in [2.24, 2.45) is 0 Å². The minimum absolute atomic E-state index is 0.0281. The topological polar surface area (TPSA) is 6.48 Å². The standard InChI is InChI=1S/C70H61BN2/c1-68(2,3)49-30-34-52(35-31-49)72-61-38-29-48(54-22-14-13-21-53(54)44-17-11-10-12-18-44)41-58(61)71-59-43-51(70(7,8)9)33-40-62(59)73(64-24-16-23-63(72)67(64)71)60-39-32-50(69(4,5)6)42-57(60)55-36-27-47-26-25-45-19-15-20-46-28-37-56(55)66(47)65(45)46/h10-43H,1-9H3. The summed E-state index contributed by atoms with van der Waals surface area (Å²) in [6.07, 6.45) is 0. The first kappa shape index (κ1) is 45.0. The van der Waals surface area contributed by atoms with E-state index >= 15 is 0 Å². The van der Waals surface area contributed by atoms with Gasteiger partial charge in [-0.25, -0.2) is 0 Å². The van der Waals surface area contributed by atoms with Crippen LogP contribution in [-0.4, -0.2) is 6.71 Å². The monoisotopic (exact) mass is 940 g/mol. The molecule has 11 aromatic carbocycles. The minimum atomic E-state index is -0.0737. The fraction of sp³-hybridized carbons (Fsp3) is 0.171. The second kappa shape index (κ2) is 16.3. The lowest BCUT2D eigenvalue weighted by Crippen LogP contribution is -2.61. The molecule has 73 heavy (non-hydrogen) atoms. The van der Waals surface area contributed by atoms with E-state index in [2.05, 4.69) is 278 Å². The molecule has 11 aromatic rings. The molecule has 0 spiro atoms. The van der Waals surface area contributed by atoms with E-state index in [-0.39, 0.29) is 23.0 Å². The molecule has 2 nitrogen and oxygen atoms in total. The first-order valence-corrected chi connectivity index (χ1v) is 26.2. The Bertz CT molecular complexity index is 3960. The van der Waals surface area contributed by atoms with Crippen molar-refractivity contribution in [3.63, 3.8) is 0 Å². The summed E-state index contributed by atoms with van der Waals surface area (Å²) in [5.74, 6) is 0. The van der Waals surface area contributed by atoms with Crippen LogP contribution < -0.4 is 26.2 Å². The van der Waals surface area contributed by atoms with Crippen LogP contribution in [0.15, 0.2) is 206 Å². The molecule has 0 atom stereocenters. The van der Waals surface area contributed by atoms with E-state index in [1.807, 2.05) is 0 Å². The van der Waals surface area contributed by atoms with Gasteiger partial charge in [0.1, 0.15) is 0 Å². The molecular weight excluding hydrogens is 880 g/mol. The van der Waals surface area contributed by atoms with Gasteiger partial charge in [-0.2, -0.15) is 0 Å². The third kappa shape index (κ3) is 7.22. The van der Waals surface area contributed by atoms with Gasteiger partial charge in [-0.3, -0.25) is 0 Å². The molecule has 0 N–H and O–H groups in total. The number of hydrogen-bond donors (Lipinski definition) is 0. The second-order valence-electron chi connectivity index (χ2n) is 23.8. The number of nitrogens with zero attached hydrogens (tertiary/aromatic N) is 2. The molecule has 0 amide bonds. The van der Waals surface area contributed by atoms with Crippen molar-refractivity contribution in [1.82, 2.24) is 0 Å². The maximum absolute atomic E-state index is 2.62. The third-order valence-electron chi connectivity index (χ3n) is 16.1. The van der Waals surface area contributed by atoms with Gasteiger partial charge in [0.05, 0.1) is 5.69 Å². The van der Waals surface area contributed by atoms with Gasteiger partial charge in [0, 0.05) is 34.0 Å². The molecule has 0 radical (unpaired) electrons. The van der Waals surface area contributed by atoms with Crippen molar-refractivity contribution in [3.05, 3.63) is 223 Å². The van der Waals surface area contributed by atoms with Gasteiger partial charge >= 0.3 is 0 Å². The Kier molecular flexibility index (Phi) is 10.1. The Morgan fingerprint density at radius 2 is 0.836 bits per heavy atom. The number of anilines is 6. The van der Waals surface area contributed by atoms with Gasteiger partial charge in [0.2, 0.25) is 0 Å². The lowest BCUT2D eigenvalue weighted by atomic mass is 9.33. The maximum atomic E-state index is 2.62. The van der Waals surface area contributed by atoms with Crippen LogP contribution in [0.25, 0.3) is 65.7 Å². The molecule has 0 bridgehead atoms. The third-order valence-corrected chi connectivity index (χ3v) is 16.1. The van der Waals surface area contributed by atoms with Crippen molar-refractivity contribution in [2.75, 3.05) is 9.80 Å². The Hall–Kier alpha value is -7.88. The molecule has 0 saturated heterocycles.